The molecule has 1 heterocycles. The van der Waals surface area contributed by atoms with Gasteiger partial charge in [0.25, 0.3) is 0 Å². The molecule has 0 unspecified atom stereocenters. The second-order valence-corrected chi connectivity index (χ2v) is 8.57. The van der Waals surface area contributed by atoms with Crippen molar-refractivity contribution in [3.63, 3.8) is 0 Å². The minimum atomic E-state index is -3.99. The largest absolute Gasteiger partial charge is 0.458 e. The van der Waals surface area contributed by atoms with Gasteiger partial charge in [0.2, 0.25) is 15.9 Å². The molecule has 3 rings (SSSR count). The molecule has 2 aromatic carbocycles. The SMILES string of the molecule is C[C@H](NS(=O)(=O)c1ccc(Cl)c(Cl)c1)C(=O)OCc1coc(-c2ccccc2)n1. The molecule has 0 radical (unpaired) electrons. The zero-order valence-corrected chi connectivity index (χ0v) is 17.5. The summed E-state index contributed by atoms with van der Waals surface area (Å²) in [5, 5.41) is 0.311. The lowest BCUT2D eigenvalue weighted by atomic mass is 10.2. The summed E-state index contributed by atoms with van der Waals surface area (Å²) in [7, 11) is -3.99. The molecule has 0 fully saturated rings. The van der Waals surface area contributed by atoms with Crippen LogP contribution in [0.4, 0.5) is 0 Å². The molecule has 3 aromatic rings. The molecule has 1 atom stereocenters. The topological polar surface area (TPSA) is 98.5 Å². The Kier molecular flexibility index (Phi) is 6.59. The quantitative estimate of drug-likeness (QED) is 0.540. The number of hydrogen-bond donors (Lipinski definition) is 1. The van der Waals surface area contributed by atoms with E-state index in [-0.39, 0.29) is 21.5 Å². The van der Waals surface area contributed by atoms with Crippen molar-refractivity contribution in [2.75, 3.05) is 0 Å². The fourth-order valence-electron chi connectivity index (χ4n) is 2.35. The maximum Gasteiger partial charge on any atom is 0.324 e. The third kappa shape index (κ3) is 5.36. The molecule has 10 heteroatoms. The van der Waals surface area contributed by atoms with Gasteiger partial charge in [-0.25, -0.2) is 13.4 Å². The van der Waals surface area contributed by atoms with E-state index in [1.165, 1.54) is 31.4 Å². The van der Waals surface area contributed by atoms with Gasteiger partial charge in [-0.3, -0.25) is 4.79 Å². The monoisotopic (exact) mass is 454 g/mol. The van der Waals surface area contributed by atoms with E-state index >= 15 is 0 Å². The van der Waals surface area contributed by atoms with Crippen LogP contribution in [0.5, 0.6) is 0 Å². The van der Waals surface area contributed by atoms with Crippen molar-refractivity contribution in [2.45, 2.75) is 24.5 Å². The van der Waals surface area contributed by atoms with Crippen molar-refractivity contribution in [1.82, 2.24) is 9.71 Å². The fourth-order valence-corrected chi connectivity index (χ4v) is 3.93. The van der Waals surface area contributed by atoms with Gasteiger partial charge >= 0.3 is 5.97 Å². The predicted molar refractivity (Wildman–Crippen MR) is 108 cm³/mol. The number of halogens is 2. The van der Waals surface area contributed by atoms with Crippen molar-refractivity contribution in [3.05, 3.63) is 70.5 Å². The number of carbonyl (C=O) groups excluding carboxylic acids is 1. The number of esters is 1. The van der Waals surface area contributed by atoms with E-state index in [1.54, 1.807) is 0 Å². The van der Waals surface area contributed by atoms with Crippen LogP contribution in [0.2, 0.25) is 10.0 Å². The van der Waals surface area contributed by atoms with Crippen LogP contribution in [0.1, 0.15) is 12.6 Å². The highest BCUT2D eigenvalue weighted by Crippen LogP contribution is 2.25. The summed E-state index contributed by atoms with van der Waals surface area (Å²) in [6.07, 6.45) is 1.38. The second kappa shape index (κ2) is 8.96. The van der Waals surface area contributed by atoms with Gasteiger partial charge in [0.15, 0.2) is 0 Å². The molecular weight excluding hydrogens is 439 g/mol. The molecule has 0 aliphatic heterocycles. The molecular formula is C19H16Cl2N2O5S. The third-order valence-corrected chi connectivity index (χ3v) is 6.10. The van der Waals surface area contributed by atoms with Gasteiger partial charge in [-0.1, -0.05) is 41.4 Å². The minimum Gasteiger partial charge on any atom is -0.458 e. The number of rotatable bonds is 7. The lowest BCUT2D eigenvalue weighted by molar-refractivity contribution is -0.146. The number of nitrogens with one attached hydrogen (secondary N) is 1. The Morgan fingerprint density at radius 1 is 1.17 bits per heavy atom. The zero-order chi connectivity index (χ0) is 21.0. The highest BCUT2D eigenvalue weighted by Gasteiger charge is 2.24. The van der Waals surface area contributed by atoms with Crippen LogP contribution < -0.4 is 4.72 Å². The minimum absolute atomic E-state index is 0.0880. The molecule has 152 valence electrons. The van der Waals surface area contributed by atoms with E-state index in [0.717, 1.165) is 5.56 Å². The summed E-state index contributed by atoms with van der Waals surface area (Å²) in [5.41, 5.74) is 1.18. The van der Waals surface area contributed by atoms with Gasteiger partial charge in [-0.15, -0.1) is 0 Å². The van der Waals surface area contributed by atoms with Gasteiger partial charge in [-0.2, -0.15) is 4.72 Å². The Bertz CT molecular complexity index is 1120. The molecule has 0 saturated heterocycles. The molecule has 0 aliphatic carbocycles. The smallest absolute Gasteiger partial charge is 0.324 e. The summed E-state index contributed by atoms with van der Waals surface area (Å²) in [5.74, 6) is -0.372. The first kappa shape index (κ1) is 21.3. The van der Waals surface area contributed by atoms with E-state index in [9.17, 15) is 13.2 Å². The van der Waals surface area contributed by atoms with Crippen molar-refractivity contribution < 1.29 is 22.4 Å². The van der Waals surface area contributed by atoms with Crippen LogP contribution in [0.3, 0.4) is 0 Å². The van der Waals surface area contributed by atoms with Crippen molar-refractivity contribution in [2.24, 2.45) is 0 Å². The standard InChI is InChI=1S/C19H16Cl2N2O5S/c1-12(23-29(25,26)15-7-8-16(20)17(21)9-15)19(24)28-11-14-10-27-18(22-14)13-5-3-2-4-6-13/h2-10,12,23H,11H2,1H3/t12-/m0/s1. The van der Waals surface area contributed by atoms with E-state index in [0.29, 0.717) is 11.6 Å². The summed E-state index contributed by atoms with van der Waals surface area (Å²) in [4.78, 5) is 16.3. The molecule has 0 bridgehead atoms. The molecule has 0 amide bonds. The molecule has 1 aromatic heterocycles. The fraction of sp³-hybridized carbons (Fsp3) is 0.158. The average Bonchev–Trinajstić information content (AvgIpc) is 3.17. The van der Waals surface area contributed by atoms with Gasteiger partial charge < -0.3 is 9.15 Å². The Morgan fingerprint density at radius 3 is 2.59 bits per heavy atom. The van der Waals surface area contributed by atoms with Crippen LogP contribution in [0.25, 0.3) is 11.5 Å². The van der Waals surface area contributed by atoms with Gasteiger partial charge in [-0.05, 0) is 37.3 Å². The third-order valence-electron chi connectivity index (χ3n) is 3.82. The average molecular weight is 455 g/mol. The number of hydrogen-bond acceptors (Lipinski definition) is 6. The molecule has 0 aliphatic rings. The van der Waals surface area contributed by atoms with Crippen molar-refractivity contribution in [3.8, 4) is 11.5 Å². The van der Waals surface area contributed by atoms with Gasteiger partial charge in [0.05, 0.1) is 14.9 Å². The summed E-state index contributed by atoms with van der Waals surface area (Å²) < 4.78 is 37.5. The van der Waals surface area contributed by atoms with Gasteiger partial charge in [0.1, 0.15) is 24.6 Å². The highest BCUT2D eigenvalue weighted by atomic mass is 35.5. The first-order valence-corrected chi connectivity index (χ1v) is 10.6. The number of oxazole rings is 1. The number of carbonyl (C=O) groups is 1. The van der Waals surface area contributed by atoms with E-state index in [4.69, 9.17) is 32.4 Å². The van der Waals surface area contributed by atoms with Crippen LogP contribution in [0, 0.1) is 0 Å². The highest BCUT2D eigenvalue weighted by molar-refractivity contribution is 7.89. The van der Waals surface area contributed by atoms with Crippen molar-refractivity contribution >= 4 is 39.2 Å². The Morgan fingerprint density at radius 2 is 1.90 bits per heavy atom. The number of ether oxygens (including phenoxy) is 1. The summed E-state index contributed by atoms with van der Waals surface area (Å²) in [6, 6.07) is 12.0. The first-order valence-electron chi connectivity index (χ1n) is 8.40. The van der Waals surface area contributed by atoms with Crippen LogP contribution in [-0.4, -0.2) is 25.4 Å². The number of benzene rings is 2. The Labute approximate surface area is 177 Å². The molecule has 0 saturated carbocycles. The number of aromatic nitrogens is 1. The number of sulfonamides is 1. The summed E-state index contributed by atoms with van der Waals surface area (Å²) >= 11 is 11.6. The van der Waals surface area contributed by atoms with Crippen LogP contribution in [-0.2, 0) is 26.2 Å². The lowest BCUT2D eigenvalue weighted by Crippen LogP contribution is -2.39. The zero-order valence-electron chi connectivity index (χ0n) is 15.1. The van der Waals surface area contributed by atoms with E-state index in [1.807, 2.05) is 30.3 Å². The Hall–Kier alpha value is -2.39. The van der Waals surface area contributed by atoms with Gasteiger partial charge in [0, 0.05) is 5.56 Å². The number of nitrogens with zero attached hydrogens (tertiary/aromatic N) is 1. The Balaban J connectivity index is 1.59. The lowest BCUT2D eigenvalue weighted by Gasteiger charge is -2.13. The second-order valence-electron chi connectivity index (χ2n) is 6.04. The van der Waals surface area contributed by atoms with Crippen LogP contribution in [0.15, 0.2) is 64.1 Å². The molecule has 7 nitrogen and oxygen atoms in total. The van der Waals surface area contributed by atoms with Crippen molar-refractivity contribution in [1.29, 1.82) is 0 Å². The van der Waals surface area contributed by atoms with Crippen LogP contribution >= 0.6 is 23.2 Å². The molecule has 1 N–H and O–H groups in total. The van der Waals surface area contributed by atoms with E-state index in [2.05, 4.69) is 9.71 Å². The predicted octanol–water partition coefficient (Wildman–Crippen LogP) is 4.06. The maximum atomic E-state index is 12.4. The maximum absolute atomic E-state index is 12.4. The summed E-state index contributed by atoms with van der Waals surface area (Å²) in [6.45, 7) is 1.21. The molecule has 29 heavy (non-hydrogen) atoms. The first-order chi connectivity index (χ1) is 13.8. The molecule has 0 spiro atoms. The van der Waals surface area contributed by atoms with E-state index < -0.39 is 22.0 Å². The normalized spacial score (nSPS) is 12.5.